The number of nitrogens with zero attached hydrogens (tertiary/aromatic N) is 2. The van der Waals surface area contributed by atoms with E-state index in [0.717, 1.165) is 30.2 Å². The second-order valence-corrected chi connectivity index (χ2v) is 4.46. The minimum Gasteiger partial charge on any atom is -0.399 e. The van der Waals surface area contributed by atoms with Gasteiger partial charge in [0.1, 0.15) is 6.21 Å². The maximum atomic E-state index is 10.6. The molecule has 0 aromatic heterocycles. The van der Waals surface area contributed by atoms with E-state index >= 15 is 0 Å². The third kappa shape index (κ3) is 2.51. The highest BCUT2D eigenvalue weighted by molar-refractivity contribution is 6.30. The van der Waals surface area contributed by atoms with Crippen LogP contribution in [0.3, 0.4) is 0 Å². The van der Waals surface area contributed by atoms with Crippen LogP contribution in [0.4, 0.5) is 0 Å². The summed E-state index contributed by atoms with van der Waals surface area (Å²) in [5.74, 6) is 0. The summed E-state index contributed by atoms with van der Waals surface area (Å²) in [6.07, 6.45) is 3.88. The van der Waals surface area contributed by atoms with Gasteiger partial charge in [0, 0.05) is 5.02 Å². The van der Waals surface area contributed by atoms with Crippen molar-refractivity contribution in [1.82, 2.24) is 0 Å². The summed E-state index contributed by atoms with van der Waals surface area (Å²) in [6, 6.07) is 5.60. The van der Waals surface area contributed by atoms with Crippen LogP contribution in [0.5, 0.6) is 0 Å². The van der Waals surface area contributed by atoms with Gasteiger partial charge in [0.2, 0.25) is 0 Å². The molecular formula is C12H12ClN3O2. The zero-order chi connectivity index (χ0) is 13.1. The molecule has 1 aromatic rings. The monoisotopic (exact) mass is 265 g/mol. The van der Waals surface area contributed by atoms with Gasteiger partial charge in [-0.05, 0) is 36.1 Å². The fraction of sp³-hybridized carbons (Fsp3) is 0.250. The fourth-order valence-electron chi connectivity index (χ4n) is 2.04. The summed E-state index contributed by atoms with van der Waals surface area (Å²) >= 11 is 5.91. The fourth-order valence-corrected chi connectivity index (χ4v) is 2.23. The molecule has 94 valence electrons. The van der Waals surface area contributed by atoms with E-state index in [4.69, 9.17) is 17.3 Å². The lowest BCUT2D eigenvalue weighted by molar-refractivity contribution is -0.414. The SMILES string of the molecule is N/C=C(\C=NC1CCc2cc(Cl)ccc21)[N+](=O)[O-]. The normalized spacial score (nSPS) is 19.2. The molecule has 1 aliphatic carbocycles. The molecule has 6 heteroatoms. The number of rotatable bonds is 3. The molecule has 0 amide bonds. The van der Waals surface area contributed by atoms with Gasteiger partial charge in [-0.3, -0.25) is 15.1 Å². The Bertz CT molecular complexity index is 540. The van der Waals surface area contributed by atoms with Gasteiger partial charge in [0.05, 0.1) is 17.2 Å². The van der Waals surface area contributed by atoms with Crippen LogP contribution < -0.4 is 5.73 Å². The van der Waals surface area contributed by atoms with Gasteiger partial charge in [-0.15, -0.1) is 0 Å². The first-order chi connectivity index (χ1) is 8.61. The second-order valence-electron chi connectivity index (χ2n) is 4.02. The van der Waals surface area contributed by atoms with E-state index < -0.39 is 4.92 Å². The van der Waals surface area contributed by atoms with E-state index in [1.54, 1.807) is 6.07 Å². The predicted octanol–water partition coefficient (Wildman–Crippen LogP) is 2.47. The summed E-state index contributed by atoms with van der Waals surface area (Å²) in [7, 11) is 0. The molecule has 2 N–H and O–H groups in total. The van der Waals surface area contributed by atoms with Crippen molar-refractivity contribution >= 4 is 17.8 Å². The average molecular weight is 266 g/mol. The lowest BCUT2D eigenvalue weighted by Gasteiger charge is -2.05. The van der Waals surface area contributed by atoms with Gasteiger partial charge in [-0.2, -0.15) is 0 Å². The van der Waals surface area contributed by atoms with Crippen molar-refractivity contribution in [3.63, 3.8) is 0 Å². The van der Waals surface area contributed by atoms with E-state index in [2.05, 4.69) is 4.99 Å². The molecule has 0 bridgehead atoms. The summed E-state index contributed by atoms with van der Waals surface area (Å²) < 4.78 is 0. The summed E-state index contributed by atoms with van der Waals surface area (Å²) in [5.41, 5.74) is 7.20. The van der Waals surface area contributed by atoms with Crippen molar-refractivity contribution in [2.24, 2.45) is 10.7 Å². The summed E-state index contributed by atoms with van der Waals surface area (Å²) in [5, 5.41) is 11.3. The number of hydrogen-bond donors (Lipinski definition) is 1. The number of allylic oxidation sites excluding steroid dienone is 1. The highest BCUT2D eigenvalue weighted by atomic mass is 35.5. The molecule has 1 aliphatic rings. The van der Waals surface area contributed by atoms with Crippen LogP contribution in [-0.2, 0) is 6.42 Å². The molecule has 0 heterocycles. The van der Waals surface area contributed by atoms with Gasteiger partial charge in [-0.25, -0.2) is 0 Å². The standard InChI is InChI=1S/C12H12ClN3O2/c13-9-2-3-11-8(5-9)1-4-12(11)15-7-10(6-14)16(17)18/h2-3,5-7,12H,1,4,14H2/b10-6+,15-7?. The largest absolute Gasteiger partial charge is 0.399 e. The van der Waals surface area contributed by atoms with Crippen LogP contribution in [0.1, 0.15) is 23.6 Å². The quantitative estimate of drug-likeness (QED) is 0.518. The topological polar surface area (TPSA) is 81.5 Å². The van der Waals surface area contributed by atoms with Crippen LogP contribution in [0.25, 0.3) is 0 Å². The third-order valence-corrected chi connectivity index (χ3v) is 3.15. The Morgan fingerprint density at radius 3 is 3.06 bits per heavy atom. The number of halogens is 1. The van der Waals surface area contributed by atoms with Crippen LogP contribution in [-0.4, -0.2) is 11.1 Å². The van der Waals surface area contributed by atoms with E-state index in [1.165, 1.54) is 6.21 Å². The first-order valence-electron chi connectivity index (χ1n) is 5.49. The van der Waals surface area contributed by atoms with Crippen LogP contribution in [0.2, 0.25) is 5.02 Å². The number of aryl methyl sites for hydroxylation is 1. The smallest absolute Gasteiger partial charge is 0.302 e. The zero-order valence-electron chi connectivity index (χ0n) is 9.54. The number of fused-ring (bicyclic) bond motifs is 1. The molecule has 18 heavy (non-hydrogen) atoms. The highest BCUT2D eigenvalue weighted by Crippen LogP contribution is 2.35. The number of aliphatic imine (C=N–C) groups is 1. The predicted molar refractivity (Wildman–Crippen MR) is 70.3 cm³/mol. The van der Waals surface area contributed by atoms with E-state index in [0.29, 0.717) is 5.02 Å². The molecule has 0 saturated heterocycles. The van der Waals surface area contributed by atoms with Gasteiger partial charge >= 0.3 is 5.70 Å². The van der Waals surface area contributed by atoms with E-state index in [9.17, 15) is 10.1 Å². The molecule has 0 spiro atoms. The Labute approximate surface area is 109 Å². The van der Waals surface area contributed by atoms with Crippen molar-refractivity contribution in [2.45, 2.75) is 18.9 Å². The Balaban J connectivity index is 2.20. The number of nitro groups is 1. The maximum Gasteiger partial charge on any atom is 0.302 e. The van der Waals surface area contributed by atoms with Crippen molar-refractivity contribution in [3.05, 3.63) is 56.4 Å². The molecule has 1 unspecified atom stereocenters. The van der Waals surface area contributed by atoms with Crippen LogP contribution in [0.15, 0.2) is 35.1 Å². The molecule has 0 fully saturated rings. The number of hydrogen-bond acceptors (Lipinski definition) is 4. The molecule has 0 aliphatic heterocycles. The Morgan fingerprint density at radius 2 is 2.39 bits per heavy atom. The number of benzene rings is 1. The van der Waals surface area contributed by atoms with Gasteiger partial charge in [0.15, 0.2) is 0 Å². The lowest BCUT2D eigenvalue weighted by atomic mass is 10.1. The second kappa shape index (κ2) is 5.18. The van der Waals surface area contributed by atoms with Crippen LogP contribution >= 0.6 is 11.6 Å². The van der Waals surface area contributed by atoms with Gasteiger partial charge in [0.25, 0.3) is 0 Å². The van der Waals surface area contributed by atoms with Crippen molar-refractivity contribution in [2.75, 3.05) is 0 Å². The molecule has 1 atom stereocenters. The molecule has 2 rings (SSSR count). The number of nitrogens with two attached hydrogens (primary N) is 1. The minimum atomic E-state index is -0.554. The molecule has 1 aromatic carbocycles. The zero-order valence-corrected chi connectivity index (χ0v) is 10.3. The van der Waals surface area contributed by atoms with Gasteiger partial charge in [-0.1, -0.05) is 17.7 Å². The molecular weight excluding hydrogens is 254 g/mol. The Kier molecular flexibility index (Phi) is 3.62. The van der Waals surface area contributed by atoms with E-state index in [1.807, 2.05) is 12.1 Å². The molecule has 5 nitrogen and oxygen atoms in total. The first-order valence-corrected chi connectivity index (χ1v) is 5.87. The maximum absolute atomic E-state index is 10.6. The average Bonchev–Trinajstić information content (AvgIpc) is 2.72. The van der Waals surface area contributed by atoms with Crippen molar-refractivity contribution < 1.29 is 4.92 Å². The Hall–Kier alpha value is -1.88. The summed E-state index contributed by atoms with van der Waals surface area (Å²) in [6.45, 7) is 0. The first kappa shape index (κ1) is 12.6. The highest BCUT2D eigenvalue weighted by Gasteiger charge is 2.22. The van der Waals surface area contributed by atoms with Crippen molar-refractivity contribution in [3.8, 4) is 0 Å². The van der Waals surface area contributed by atoms with Gasteiger partial charge < -0.3 is 5.73 Å². The molecule has 0 saturated carbocycles. The summed E-state index contributed by atoms with van der Waals surface area (Å²) in [4.78, 5) is 14.2. The van der Waals surface area contributed by atoms with Crippen LogP contribution in [0, 0.1) is 10.1 Å². The third-order valence-electron chi connectivity index (χ3n) is 2.92. The lowest BCUT2D eigenvalue weighted by Crippen LogP contribution is -2.04. The Morgan fingerprint density at radius 1 is 1.61 bits per heavy atom. The van der Waals surface area contributed by atoms with E-state index in [-0.39, 0.29) is 11.7 Å². The van der Waals surface area contributed by atoms with Crippen molar-refractivity contribution in [1.29, 1.82) is 0 Å². The molecule has 0 radical (unpaired) electrons. The minimum absolute atomic E-state index is 0.0489.